The molecule has 1 amide bonds. The number of hydroxylamine groups is 2. The highest BCUT2D eigenvalue weighted by Gasteiger charge is 2.50. The number of carbonyl (C=O) groups excluding carboxylic acids is 1. The number of hydrogen-bond donors (Lipinski definition) is 1. The zero-order valence-electron chi connectivity index (χ0n) is 21.2. The molecule has 0 saturated carbocycles. The van der Waals surface area contributed by atoms with E-state index < -0.39 is 0 Å². The van der Waals surface area contributed by atoms with Gasteiger partial charge < -0.3 is 5.32 Å². The Balaban J connectivity index is 1.57. The van der Waals surface area contributed by atoms with Gasteiger partial charge in [-0.1, -0.05) is 80.6 Å². The van der Waals surface area contributed by atoms with Gasteiger partial charge in [-0.15, -0.1) is 0 Å². The second-order valence-corrected chi connectivity index (χ2v) is 10.3. The highest BCUT2D eigenvalue weighted by molar-refractivity contribution is 6.07. The molecule has 2 atom stereocenters. The van der Waals surface area contributed by atoms with Crippen molar-refractivity contribution in [2.24, 2.45) is 0 Å². The van der Waals surface area contributed by atoms with Crippen molar-refractivity contribution in [2.75, 3.05) is 0 Å². The predicted molar refractivity (Wildman–Crippen MR) is 140 cm³/mol. The van der Waals surface area contributed by atoms with Gasteiger partial charge in [0, 0.05) is 22.7 Å². The Kier molecular flexibility index (Phi) is 7.11. The third-order valence-corrected chi connectivity index (χ3v) is 7.57. The zero-order chi connectivity index (χ0) is 24.3. The summed E-state index contributed by atoms with van der Waals surface area (Å²) < 4.78 is 0. The molecular weight excluding hydrogens is 420 g/mol. The zero-order valence-corrected chi connectivity index (χ0v) is 21.2. The Morgan fingerprint density at radius 2 is 1.62 bits per heavy atom. The molecule has 0 aliphatic carbocycles. The molecule has 1 N–H and O–H groups in total. The van der Waals surface area contributed by atoms with Crippen LogP contribution in [-0.2, 0) is 4.84 Å². The SMILES string of the molecule is CCC1(CC)CC(NC(=O)c2cccc3ccccc23)CC(C)(C)N1OC(C)c1ccccc1. The average molecular weight is 459 g/mol. The molecule has 3 aromatic rings. The van der Waals surface area contributed by atoms with Gasteiger partial charge in [0.15, 0.2) is 0 Å². The summed E-state index contributed by atoms with van der Waals surface area (Å²) in [6.45, 7) is 11.1. The van der Waals surface area contributed by atoms with E-state index in [1.165, 1.54) is 5.56 Å². The first-order chi connectivity index (χ1) is 16.3. The second-order valence-electron chi connectivity index (χ2n) is 10.3. The molecule has 3 aromatic carbocycles. The van der Waals surface area contributed by atoms with E-state index in [4.69, 9.17) is 4.84 Å². The molecule has 4 nitrogen and oxygen atoms in total. The van der Waals surface area contributed by atoms with Gasteiger partial charge in [-0.2, -0.15) is 5.06 Å². The number of amides is 1. The highest BCUT2D eigenvalue weighted by Crippen LogP contribution is 2.44. The van der Waals surface area contributed by atoms with Crippen molar-refractivity contribution in [3.8, 4) is 0 Å². The summed E-state index contributed by atoms with van der Waals surface area (Å²) >= 11 is 0. The Labute approximate surface area is 204 Å². The molecule has 1 aliphatic rings. The molecule has 1 saturated heterocycles. The standard InChI is InChI=1S/C30H38N2O2/c1-6-30(7-2)21-25(31-28(33)27-19-13-17-24-16-11-12-18-26(24)27)20-29(4,5)32(30)34-22(3)23-14-9-8-10-15-23/h8-19,22,25H,6-7,20-21H2,1-5H3,(H,31,33). The van der Waals surface area contributed by atoms with Crippen LogP contribution in [0.5, 0.6) is 0 Å². The highest BCUT2D eigenvalue weighted by atomic mass is 16.7. The van der Waals surface area contributed by atoms with Crippen LogP contribution in [0.4, 0.5) is 0 Å². The Bertz CT molecular complexity index is 1120. The minimum absolute atomic E-state index is 0.00530. The van der Waals surface area contributed by atoms with Crippen LogP contribution in [0, 0.1) is 0 Å². The maximum absolute atomic E-state index is 13.4. The van der Waals surface area contributed by atoms with Crippen LogP contribution in [0.25, 0.3) is 10.8 Å². The molecule has 0 bridgehead atoms. The normalized spacial score (nSPS) is 20.7. The van der Waals surface area contributed by atoms with Crippen LogP contribution < -0.4 is 5.32 Å². The molecule has 2 unspecified atom stereocenters. The summed E-state index contributed by atoms with van der Waals surface area (Å²) in [4.78, 5) is 20.1. The summed E-state index contributed by atoms with van der Waals surface area (Å²) in [6.07, 6.45) is 3.55. The molecular formula is C30H38N2O2. The van der Waals surface area contributed by atoms with Crippen molar-refractivity contribution < 1.29 is 9.63 Å². The van der Waals surface area contributed by atoms with Crippen molar-refractivity contribution in [2.45, 2.75) is 83.5 Å². The summed E-state index contributed by atoms with van der Waals surface area (Å²) in [5.41, 5.74) is 1.53. The molecule has 1 fully saturated rings. The van der Waals surface area contributed by atoms with Crippen LogP contribution in [0.3, 0.4) is 0 Å². The van der Waals surface area contributed by atoms with Gasteiger partial charge >= 0.3 is 0 Å². The summed E-state index contributed by atoms with van der Waals surface area (Å²) in [5.74, 6) is 0.00530. The molecule has 0 radical (unpaired) electrons. The van der Waals surface area contributed by atoms with Gasteiger partial charge in [0.1, 0.15) is 6.10 Å². The van der Waals surface area contributed by atoms with E-state index in [-0.39, 0.29) is 29.1 Å². The summed E-state index contributed by atoms with van der Waals surface area (Å²) in [7, 11) is 0. The minimum atomic E-state index is -0.232. The fourth-order valence-electron chi connectivity index (χ4n) is 5.75. The fraction of sp³-hybridized carbons (Fsp3) is 0.433. The number of nitrogens with one attached hydrogen (secondary N) is 1. The van der Waals surface area contributed by atoms with Crippen molar-refractivity contribution in [1.82, 2.24) is 10.4 Å². The van der Waals surface area contributed by atoms with E-state index in [1.54, 1.807) is 0 Å². The van der Waals surface area contributed by atoms with Crippen molar-refractivity contribution >= 4 is 16.7 Å². The first-order valence-electron chi connectivity index (χ1n) is 12.6. The fourth-order valence-corrected chi connectivity index (χ4v) is 5.75. The lowest BCUT2D eigenvalue weighted by Gasteiger charge is -2.57. The van der Waals surface area contributed by atoms with Crippen LogP contribution in [0.15, 0.2) is 72.8 Å². The van der Waals surface area contributed by atoms with Crippen molar-refractivity contribution in [3.05, 3.63) is 83.9 Å². The van der Waals surface area contributed by atoms with Crippen LogP contribution in [0.1, 0.15) is 82.3 Å². The van der Waals surface area contributed by atoms with Gasteiger partial charge in [0.05, 0.1) is 0 Å². The lowest BCUT2D eigenvalue weighted by Crippen LogP contribution is -2.66. The average Bonchev–Trinajstić information content (AvgIpc) is 2.85. The predicted octanol–water partition coefficient (Wildman–Crippen LogP) is 7.06. The largest absolute Gasteiger partial charge is 0.349 e. The molecule has 0 aromatic heterocycles. The molecule has 34 heavy (non-hydrogen) atoms. The number of hydrogen-bond acceptors (Lipinski definition) is 3. The quantitative estimate of drug-likeness (QED) is 0.412. The number of piperidine rings is 1. The van der Waals surface area contributed by atoms with Gasteiger partial charge in [0.2, 0.25) is 0 Å². The van der Waals surface area contributed by atoms with Crippen molar-refractivity contribution in [1.29, 1.82) is 0 Å². The van der Waals surface area contributed by atoms with E-state index in [9.17, 15) is 4.79 Å². The van der Waals surface area contributed by atoms with Gasteiger partial charge in [0.25, 0.3) is 5.91 Å². The third kappa shape index (κ3) is 4.75. The Morgan fingerprint density at radius 1 is 0.971 bits per heavy atom. The monoisotopic (exact) mass is 458 g/mol. The van der Waals surface area contributed by atoms with E-state index in [0.717, 1.165) is 42.0 Å². The number of fused-ring (bicyclic) bond motifs is 1. The second kappa shape index (κ2) is 9.89. The van der Waals surface area contributed by atoms with Gasteiger partial charge in [-0.3, -0.25) is 9.63 Å². The first kappa shape index (κ1) is 24.4. The third-order valence-electron chi connectivity index (χ3n) is 7.57. The number of rotatable bonds is 7. The van der Waals surface area contributed by atoms with E-state index in [0.29, 0.717) is 0 Å². The number of nitrogens with zero attached hydrogens (tertiary/aromatic N) is 1. The molecule has 180 valence electrons. The molecule has 1 heterocycles. The van der Waals surface area contributed by atoms with Crippen molar-refractivity contribution in [3.63, 3.8) is 0 Å². The van der Waals surface area contributed by atoms with Crippen LogP contribution in [-0.4, -0.2) is 28.1 Å². The lowest BCUT2D eigenvalue weighted by molar-refractivity contribution is -0.316. The van der Waals surface area contributed by atoms with E-state index in [1.807, 2.05) is 36.4 Å². The Hall–Kier alpha value is -2.69. The smallest absolute Gasteiger partial charge is 0.252 e. The van der Waals surface area contributed by atoms with Gasteiger partial charge in [-0.05, 0) is 68.9 Å². The summed E-state index contributed by atoms with van der Waals surface area (Å²) in [5, 5.41) is 7.74. The summed E-state index contributed by atoms with van der Waals surface area (Å²) in [6, 6.07) is 24.5. The van der Waals surface area contributed by atoms with E-state index >= 15 is 0 Å². The molecule has 4 rings (SSSR count). The number of carbonyl (C=O) groups is 1. The molecule has 4 heteroatoms. The maximum Gasteiger partial charge on any atom is 0.252 e. The lowest BCUT2D eigenvalue weighted by atomic mass is 9.74. The molecule has 0 spiro atoms. The minimum Gasteiger partial charge on any atom is -0.349 e. The van der Waals surface area contributed by atoms with Gasteiger partial charge in [-0.25, -0.2) is 0 Å². The Morgan fingerprint density at radius 3 is 2.32 bits per heavy atom. The van der Waals surface area contributed by atoms with E-state index in [2.05, 4.69) is 81.4 Å². The van der Waals surface area contributed by atoms with Crippen LogP contribution in [0.2, 0.25) is 0 Å². The maximum atomic E-state index is 13.4. The topological polar surface area (TPSA) is 41.6 Å². The van der Waals surface area contributed by atoms with Crippen LogP contribution >= 0.6 is 0 Å². The molecule has 1 aliphatic heterocycles. The number of benzene rings is 3. The first-order valence-corrected chi connectivity index (χ1v) is 12.6.